The van der Waals surface area contributed by atoms with E-state index in [1.807, 2.05) is 0 Å². The molecule has 2 rings (SSSR count). The van der Waals surface area contributed by atoms with Gasteiger partial charge in [0, 0.05) is 6.42 Å². The molecular formula is C10H11N3O4. The highest BCUT2D eigenvalue weighted by Gasteiger charge is 2.19. The van der Waals surface area contributed by atoms with Gasteiger partial charge in [-0.3, -0.25) is 10.1 Å². The molecule has 90 valence electrons. The van der Waals surface area contributed by atoms with E-state index in [0.29, 0.717) is 18.2 Å². The number of carboxylic acid groups (broad SMARTS) is 1. The lowest BCUT2D eigenvalue weighted by atomic mass is 10.2. The maximum absolute atomic E-state index is 10.5. The number of hydrogen-bond acceptors (Lipinski definition) is 6. The van der Waals surface area contributed by atoms with Crippen LogP contribution >= 0.6 is 0 Å². The standard InChI is InChI=1S/C10H11N3O4/c14-9(15)6-13-7(10-12-2-4-17-10)5-8-11-1-3-16-8/h1-4,7,13H,5-6H2,(H,14,15). The Morgan fingerprint density at radius 2 is 2.12 bits per heavy atom. The van der Waals surface area contributed by atoms with Crippen molar-refractivity contribution in [2.24, 2.45) is 0 Å². The SMILES string of the molecule is O=C(O)CNC(Cc1ncco1)c1ncco1. The third-order valence-electron chi connectivity index (χ3n) is 2.11. The van der Waals surface area contributed by atoms with Crippen LogP contribution in [0.2, 0.25) is 0 Å². The van der Waals surface area contributed by atoms with E-state index in [2.05, 4.69) is 15.3 Å². The fourth-order valence-electron chi connectivity index (χ4n) is 1.39. The zero-order chi connectivity index (χ0) is 12.1. The van der Waals surface area contributed by atoms with Crippen molar-refractivity contribution in [2.75, 3.05) is 6.54 Å². The quantitative estimate of drug-likeness (QED) is 0.759. The largest absolute Gasteiger partial charge is 0.480 e. The minimum absolute atomic E-state index is 0.187. The van der Waals surface area contributed by atoms with E-state index in [-0.39, 0.29) is 12.6 Å². The monoisotopic (exact) mass is 237 g/mol. The van der Waals surface area contributed by atoms with Crippen LogP contribution in [0, 0.1) is 0 Å². The highest BCUT2D eigenvalue weighted by Crippen LogP contribution is 2.15. The Balaban J connectivity index is 2.04. The average Bonchev–Trinajstić information content (AvgIpc) is 2.96. The number of aromatic nitrogens is 2. The minimum atomic E-state index is -0.950. The summed E-state index contributed by atoms with van der Waals surface area (Å²) >= 11 is 0. The Morgan fingerprint density at radius 3 is 2.71 bits per heavy atom. The molecule has 1 atom stereocenters. The number of carboxylic acids is 1. The van der Waals surface area contributed by atoms with Crippen molar-refractivity contribution < 1.29 is 18.7 Å². The minimum Gasteiger partial charge on any atom is -0.480 e. The van der Waals surface area contributed by atoms with E-state index in [1.165, 1.54) is 24.9 Å². The number of oxazole rings is 2. The van der Waals surface area contributed by atoms with Crippen LogP contribution < -0.4 is 5.32 Å². The second-order valence-electron chi connectivity index (χ2n) is 3.33. The average molecular weight is 237 g/mol. The summed E-state index contributed by atoms with van der Waals surface area (Å²) in [7, 11) is 0. The summed E-state index contributed by atoms with van der Waals surface area (Å²) in [4.78, 5) is 18.5. The molecule has 0 saturated heterocycles. The number of hydrogen-bond donors (Lipinski definition) is 2. The highest BCUT2D eigenvalue weighted by atomic mass is 16.4. The number of aliphatic carboxylic acids is 1. The first-order valence-electron chi connectivity index (χ1n) is 4.98. The fourth-order valence-corrected chi connectivity index (χ4v) is 1.39. The van der Waals surface area contributed by atoms with E-state index in [1.54, 1.807) is 0 Å². The summed E-state index contributed by atoms with van der Waals surface area (Å²) in [5, 5.41) is 11.4. The van der Waals surface area contributed by atoms with Crippen LogP contribution in [0.1, 0.15) is 17.8 Å². The van der Waals surface area contributed by atoms with Gasteiger partial charge in [0.15, 0.2) is 5.89 Å². The van der Waals surface area contributed by atoms with Crippen molar-refractivity contribution in [3.05, 3.63) is 36.7 Å². The van der Waals surface area contributed by atoms with Crippen LogP contribution in [0.4, 0.5) is 0 Å². The van der Waals surface area contributed by atoms with Gasteiger partial charge in [0.1, 0.15) is 12.5 Å². The summed E-state index contributed by atoms with van der Waals surface area (Å²) in [6.45, 7) is -0.187. The summed E-state index contributed by atoms with van der Waals surface area (Å²) in [6, 6.07) is -0.375. The molecule has 2 N–H and O–H groups in total. The summed E-state index contributed by atoms with van der Waals surface area (Å²) < 4.78 is 10.2. The number of rotatable bonds is 6. The van der Waals surface area contributed by atoms with Crippen LogP contribution in [0.5, 0.6) is 0 Å². The van der Waals surface area contributed by atoms with Gasteiger partial charge in [0.2, 0.25) is 5.89 Å². The zero-order valence-corrected chi connectivity index (χ0v) is 8.87. The van der Waals surface area contributed by atoms with Crippen molar-refractivity contribution in [3.63, 3.8) is 0 Å². The first-order valence-corrected chi connectivity index (χ1v) is 4.98. The number of carbonyl (C=O) groups is 1. The van der Waals surface area contributed by atoms with E-state index >= 15 is 0 Å². The molecule has 0 fully saturated rings. The first-order chi connectivity index (χ1) is 8.25. The van der Waals surface area contributed by atoms with Crippen LogP contribution in [0.15, 0.2) is 33.8 Å². The molecule has 0 aliphatic carbocycles. The predicted molar refractivity (Wildman–Crippen MR) is 55.1 cm³/mol. The molecule has 7 heteroatoms. The normalized spacial score (nSPS) is 12.5. The van der Waals surface area contributed by atoms with Crippen LogP contribution in [-0.4, -0.2) is 27.6 Å². The molecule has 0 aromatic carbocycles. The number of nitrogens with zero attached hydrogens (tertiary/aromatic N) is 2. The Hall–Kier alpha value is -2.15. The van der Waals surface area contributed by atoms with Gasteiger partial charge >= 0.3 is 5.97 Å². The maximum atomic E-state index is 10.5. The number of nitrogens with one attached hydrogen (secondary N) is 1. The molecule has 0 amide bonds. The van der Waals surface area contributed by atoms with Gasteiger partial charge in [0.25, 0.3) is 0 Å². The molecule has 0 aliphatic heterocycles. The molecule has 0 spiro atoms. The Labute approximate surface area is 96.5 Å². The van der Waals surface area contributed by atoms with Crippen molar-refractivity contribution in [1.82, 2.24) is 15.3 Å². The molecule has 0 bridgehead atoms. The Bertz CT molecular complexity index is 452. The van der Waals surface area contributed by atoms with Gasteiger partial charge in [-0.05, 0) is 0 Å². The molecule has 7 nitrogen and oxygen atoms in total. The van der Waals surface area contributed by atoms with Crippen LogP contribution in [0.3, 0.4) is 0 Å². The lowest BCUT2D eigenvalue weighted by molar-refractivity contribution is -0.136. The lowest BCUT2D eigenvalue weighted by Gasteiger charge is -2.11. The Kier molecular flexibility index (Phi) is 3.51. The molecule has 0 radical (unpaired) electrons. The van der Waals surface area contributed by atoms with E-state index in [9.17, 15) is 4.79 Å². The van der Waals surface area contributed by atoms with Gasteiger partial charge in [-0.1, -0.05) is 0 Å². The molecule has 2 heterocycles. The molecule has 1 unspecified atom stereocenters. The van der Waals surface area contributed by atoms with Crippen molar-refractivity contribution >= 4 is 5.97 Å². The predicted octanol–water partition coefficient (Wildman–Crippen LogP) is 0.621. The Morgan fingerprint density at radius 1 is 1.35 bits per heavy atom. The van der Waals surface area contributed by atoms with Crippen molar-refractivity contribution in [3.8, 4) is 0 Å². The smallest absolute Gasteiger partial charge is 0.317 e. The lowest BCUT2D eigenvalue weighted by Crippen LogP contribution is -2.29. The summed E-state index contributed by atoms with van der Waals surface area (Å²) in [5.41, 5.74) is 0. The summed E-state index contributed by atoms with van der Waals surface area (Å²) in [6.07, 6.45) is 6.29. The van der Waals surface area contributed by atoms with E-state index in [0.717, 1.165) is 0 Å². The van der Waals surface area contributed by atoms with Gasteiger partial charge in [-0.15, -0.1) is 0 Å². The molecule has 2 aromatic heterocycles. The van der Waals surface area contributed by atoms with Gasteiger partial charge in [0.05, 0.1) is 25.0 Å². The van der Waals surface area contributed by atoms with Gasteiger partial charge < -0.3 is 13.9 Å². The third kappa shape index (κ3) is 3.15. The van der Waals surface area contributed by atoms with Gasteiger partial charge in [-0.25, -0.2) is 9.97 Å². The fraction of sp³-hybridized carbons (Fsp3) is 0.300. The van der Waals surface area contributed by atoms with E-state index in [4.69, 9.17) is 13.9 Å². The molecule has 0 saturated carbocycles. The molecule has 17 heavy (non-hydrogen) atoms. The highest BCUT2D eigenvalue weighted by molar-refractivity contribution is 5.69. The van der Waals surface area contributed by atoms with Crippen molar-refractivity contribution in [2.45, 2.75) is 12.5 Å². The molecule has 2 aromatic rings. The topological polar surface area (TPSA) is 101 Å². The van der Waals surface area contributed by atoms with Crippen LogP contribution in [-0.2, 0) is 11.2 Å². The van der Waals surface area contributed by atoms with Gasteiger partial charge in [-0.2, -0.15) is 0 Å². The zero-order valence-electron chi connectivity index (χ0n) is 8.87. The third-order valence-corrected chi connectivity index (χ3v) is 2.11. The van der Waals surface area contributed by atoms with Crippen molar-refractivity contribution in [1.29, 1.82) is 0 Å². The van der Waals surface area contributed by atoms with Crippen LogP contribution in [0.25, 0.3) is 0 Å². The maximum Gasteiger partial charge on any atom is 0.317 e. The first kappa shape index (κ1) is 11.3. The second-order valence-corrected chi connectivity index (χ2v) is 3.33. The molecule has 0 aliphatic rings. The second kappa shape index (κ2) is 5.26. The molecular weight excluding hydrogens is 226 g/mol. The summed E-state index contributed by atoms with van der Waals surface area (Å²) in [5.74, 6) is -0.0514. The van der Waals surface area contributed by atoms with E-state index < -0.39 is 5.97 Å².